The van der Waals surface area contributed by atoms with Crippen LogP contribution in [0.3, 0.4) is 0 Å². The monoisotopic (exact) mass is 166 g/mol. The van der Waals surface area contributed by atoms with Gasteiger partial charge in [0.05, 0.1) is 0 Å². The zero-order valence-corrected chi connectivity index (χ0v) is 7.46. The maximum Gasteiger partial charge on any atom is 0.222 e. The first kappa shape index (κ1) is 8.09. The van der Waals surface area contributed by atoms with Crippen molar-refractivity contribution >= 4 is 5.91 Å². The van der Waals surface area contributed by atoms with Gasteiger partial charge in [0.2, 0.25) is 5.91 Å². The van der Waals surface area contributed by atoms with E-state index < -0.39 is 0 Å². The second-order valence-electron chi connectivity index (χ2n) is 3.79. The van der Waals surface area contributed by atoms with Crippen LogP contribution in [-0.2, 0) is 4.79 Å². The molecule has 1 saturated heterocycles. The lowest BCUT2D eigenvalue weighted by molar-refractivity contribution is -0.130. The highest BCUT2D eigenvalue weighted by Crippen LogP contribution is 2.25. The minimum atomic E-state index is 0.391. The molecule has 0 aromatic heterocycles. The largest absolute Gasteiger partial charge is 0.340 e. The highest BCUT2D eigenvalue weighted by molar-refractivity contribution is 5.78. The van der Waals surface area contributed by atoms with Gasteiger partial charge in [-0.25, -0.2) is 0 Å². The number of amides is 1. The van der Waals surface area contributed by atoms with Crippen molar-refractivity contribution in [1.82, 2.24) is 4.90 Å². The van der Waals surface area contributed by atoms with Crippen molar-refractivity contribution in [2.24, 2.45) is 0 Å². The average molecular weight is 166 g/mol. The second-order valence-corrected chi connectivity index (χ2v) is 3.79. The molecule has 1 aliphatic carbocycles. The molecular weight excluding hydrogens is 150 g/mol. The molecule has 2 heteroatoms. The molecule has 0 atom stereocenters. The lowest BCUT2D eigenvalue weighted by Gasteiger charge is -2.30. The van der Waals surface area contributed by atoms with Crippen LogP contribution in [0.2, 0.25) is 0 Å². The fraction of sp³-hybridized carbons (Fsp3) is 0.800. The van der Waals surface area contributed by atoms with Crippen LogP contribution in [0.4, 0.5) is 0 Å². The molecule has 0 unspecified atom stereocenters. The molecule has 0 bridgehead atoms. The van der Waals surface area contributed by atoms with Gasteiger partial charge in [-0.2, -0.15) is 0 Å². The van der Waals surface area contributed by atoms with E-state index in [2.05, 4.69) is 11.3 Å². The third-order valence-corrected chi connectivity index (χ3v) is 2.96. The third-order valence-electron chi connectivity index (χ3n) is 2.96. The molecule has 2 rings (SSSR count). The van der Waals surface area contributed by atoms with E-state index in [0.29, 0.717) is 11.9 Å². The van der Waals surface area contributed by atoms with Gasteiger partial charge in [0.1, 0.15) is 0 Å². The summed E-state index contributed by atoms with van der Waals surface area (Å²) in [7, 11) is 0. The van der Waals surface area contributed by atoms with Gasteiger partial charge in [0, 0.05) is 19.0 Å². The summed E-state index contributed by atoms with van der Waals surface area (Å²) in [6.45, 7) is 1.02. The quantitative estimate of drug-likeness (QED) is 0.581. The van der Waals surface area contributed by atoms with Crippen molar-refractivity contribution in [2.75, 3.05) is 6.54 Å². The second kappa shape index (κ2) is 3.46. The van der Waals surface area contributed by atoms with Gasteiger partial charge in [-0.15, -0.1) is 0 Å². The van der Waals surface area contributed by atoms with Crippen LogP contribution in [0.25, 0.3) is 0 Å². The van der Waals surface area contributed by atoms with Crippen LogP contribution >= 0.6 is 0 Å². The number of hydrogen-bond acceptors (Lipinski definition) is 1. The minimum absolute atomic E-state index is 0.391. The first-order valence-electron chi connectivity index (χ1n) is 4.99. The number of nitrogens with zero attached hydrogens (tertiary/aromatic N) is 1. The SMILES string of the molecule is O=C1CCCN1C1CC[CH]CC1. The van der Waals surface area contributed by atoms with E-state index in [1.54, 1.807) is 0 Å². The molecule has 0 aromatic carbocycles. The Kier molecular flexibility index (Phi) is 2.33. The number of carbonyl (C=O) groups is 1. The fourth-order valence-electron chi connectivity index (χ4n) is 2.28. The van der Waals surface area contributed by atoms with Crippen molar-refractivity contribution in [3.8, 4) is 0 Å². The minimum Gasteiger partial charge on any atom is -0.340 e. The molecule has 67 valence electrons. The van der Waals surface area contributed by atoms with Crippen molar-refractivity contribution in [3.63, 3.8) is 0 Å². The standard InChI is InChI=1S/C10H16NO/c12-10-7-4-8-11(10)9-5-2-1-3-6-9/h1,9H,2-8H2. The fourth-order valence-corrected chi connectivity index (χ4v) is 2.28. The van der Waals surface area contributed by atoms with Gasteiger partial charge >= 0.3 is 0 Å². The predicted molar refractivity (Wildman–Crippen MR) is 47.5 cm³/mol. The number of rotatable bonds is 1. The predicted octanol–water partition coefficient (Wildman–Crippen LogP) is 1.76. The Balaban J connectivity index is 1.93. The molecule has 1 radical (unpaired) electrons. The van der Waals surface area contributed by atoms with E-state index in [9.17, 15) is 4.79 Å². The van der Waals surface area contributed by atoms with Crippen LogP contribution in [0.5, 0.6) is 0 Å². The van der Waals surface area contributed by atoms with Gasteiger partial charge in [-0.05, 0) is 38.5 Å². The molecule has 1 amide bonds. The molecule has 1 heterocycles. The van der Waals surface area contributed by atoms with E-state index in [1.165, 1.54) is 25.7 Å². The average Bonchev–Trinajstić information content (AvgIpc) is 2.53. The summed E-state index contributed by atoms with van der Waals surface area (Å²) in [5, 5.41) is 0. The summed E-state index contributed by atoms with van der Waals surface area (Å²) < 4.78 is 0. The molecule has 0 spiro atoms. The van der Waals surface area contributed by atoms with Crippen LogP contribution in [-0.4, -0.2) is 23.4 Å². The van der Waals surface area contributed by atoms with Crippen molar-refractivity contribution in [2.45, 2.75) is 44.6 Å². The third kappa shape index (κ3) is 1.47. The van der Waals surface area contributed by atoms with Crippen LogP contribution in [0.15, 0.2) is 0 Å². The molecule has 0 aromatic rings. The Hall–Kier alpha value is -0.530. The van der Waals surface area contributed by atoms with Gasteiger partial charge in [0.25, 0.3) is 0 Å². The Morgan fingerprint density at radius 2 is 2.08 bits per heavy atom. The van der Waals surface area contributed by atoms with E-state index in [0.717, 1.165) is 19.4 Å². The number of carbonyl (C=O) groups excluding carboxylic acids is 1. The van der Waals surface area contributed by atoms with Crippen molar-refractivity contribution < 1.29 is 4.79 Å². The van der Waals surface area contributed by atoms with E-state index in [4.69, 9.17) is 0 Å². The zero-order chi connectivity index (χ0) is 8.39. The summed E-state index contributed by atoms with van der Waals surface area (Å²) in [6.07, 6.45) is 9.02. The summed E-state index contributed by atoms with van der Waals surface area (Å²) in [6, 6.07) is 0.574. The zero-order valence-electron chi connectivity index (χ0n) is 7.46. The summed E-state index contributed by atoms with van der Waals surface area (Å²) in [5.74, 6) is 0.391. The molecule has 2 aliphatic rings. The topological polar surface area (TPSA) is 20.3 Å². The summed E-state index contributed by atoms with van der Waals surface area (Å²) in [4.78, 5) is 13.5. The normalized spacial score (nSPS) is 26.7. The van der Waals surface area contributed by atoms with Gasteiger partial charge < -0.3 is 4.90 Å². The van der Waals surface area contributed by atoms with E-state index in [-0.39, 0.29) is 0 Å². The van der Waals surface area contributed by atoms with Crippen molar-refractivity contribution in [1.29, 1.82) is 0 Å². The summed E-state index contributed by atoms with van der Waals surface area (Å²) in [5.41, 5.74) is 0. The molecular formula is C10H16NO. The lowest BCUT2D eigenvalue weighted by Crippen LogP contribution is -2.37. The van der Waals surface area contributed by atoms with E-state index in [1.807, 2.05) is 0 Å². The van der Waals surface area contributed by atoms with Crippen LogP contribution < -0.4 is 0 Å². The van der Waals surface area contributed by atoms with Gasteiger partial charge in [0.15, 0.2) is 0 Å². The number of likely N-dealkylation sites (tertiary alicyclic amines) is 1. The first-order valence-corrected chi connectivity index (χ1v) is 4.99. The molecule has 0 N–H and O–H groups in total. The van der Waals surface area contributed by atoms with E-state index >= 15 is 0 Å². The first-order chi connectivity index (χ1) is 5.88. The van der Waals surface area contributed by atoms with Gasteiger partial charge in [-0.3, -0.25) is 4.79 Å². The highest BCUT2D eigenvalue weighted by Gasteiger charge is 2.28. The Morgan fingerprint density at radius 3 is 2.67 bits per heavy atom. The maximum atomic E-state index is 11.4. The van der Waals surface area contributed by atoms with Crippen LogP contribution in [0.1, 0.15) is 38.5 Å². The van der Waals surface area contributed by atoms with Crippen molar-refractivity contribution in [3.05, 3.63) is 6.42 Å². The smallest absolute Gasteiger partial charge is 0.222 e. The van der Waals surface area contributed by atoms with Crippen LogP contribution in [0, 0.1) is 6.42 Å². The summed E-state index contributed by atoms with van der Waals surface area (Å²) >= 11 is 0. The Labute approximate surface area is 73.9 Å². The Morgan fingerprint density at radius 1 is 1.33 bits per heavy atom. The van der Waals surface area contributed by atoms with Gasteiger partial charge in [-0.1, -0.05) is 0 Å². The molecule has 1 saturated carbocycles. The molecule has 2 nitrogen and oxygen atoms in total. The molecule has 1 aliphatic heterocycles. The highest BCUT2D eigenvalue weighted by atomic mass is 16.2. The Bertz CT molecular complexity index is 173. The lowest BCUT2D eigenvalue weighted by atomic mass is 9.94. The molecule has 2 fully saturated rings. The molecule has 12 heavy (non-hydrogen) atoms. The number of hydrogen-bond donors (Lipinski definition) is 0. The maximum absolute atomic E-state index is 11.4.